The Morgan fingerprint density at radius 3 is 2.44 bits per heavy atom. The van der Waals surface area contributed by atoms with Gasteiger partial charge in [-0.05, 0) is 27.2 Å². The summed E-state index contributed by atoms with van der Waals surface area (Å²) in [4.78, 5) is 34.1. The van der Waals surface area contributed by atoms with E-state index in [4.69, 9.17) is 9.84 Å². The molecule has 7 heteroatoms. The zero-order chi connectivity index (χ0) is 13.9. The van der Waals surface area contributed by atoms with Crippen molar-refractivity contribution < 1.29 is 24.2 Å². The highest BCUT2D eigenvalue weighted by atomic mass is 16.6. The molecule has 2 N–H and O–H groups in total. The van der Waals surface area contributed by atoms with E-state index in [0.29, 0.717) is 6.29 Å². The van der Waals surface area contributed by atoms with Crippen molar-refractivity contribution in [2.24, 2.45) is 0 Å². The Hall–Kier alpha value is -1.79. The topological polar surface area (TPSA) is 95.9 Å². The van der Waals surface area contributed by atoms with Crippen LogP contribution in [0.1, 0.15) is 27.2 Å². The number of likely N-dealkylation sites (tertiary alicyclic amines) is 1. The SMILES string of the molecule is CC(C)(C)OC(=O)N[C@@H]1C[C@@H](C=O)N(C(=O)O)C1. The van der Waals surface area contributed by atoms with Gasteiger partial charge in [0.05, 0.1) is 12.1 Å². The number of hydrogen-bond acceptors (Lipinski definition) is 4. The Labute approximate surface area is 105 Å². The van der Waals surface area contributed by atoms with Gasteiger partial charge in [-0.25, -0.2) is 9.59 Å². The van der Waals surface area contributed by atoms with Crippen molar-refractivity contribution in [3.63, 3.8) is 0 Å². The fourth-order valence-corrected chi connectivity index (χ4v) is 1.79. The van der Waals surface area contributed by atoms with Gasteiger partial charge < -0.3 is 20.0 Å². The highest BCUT2D eigenvalue weighted by molar-refractivity contribution is 5.74. The Kier molecular flexibility index (Phi) is 4.15. The molecule has 1 rings (SSSR count). The summed E-state index contributed by atoms with van der Waals surface area (Å²) >= 11 is 0. The smallest absolute Gasteiger partial charge is 0.407 e. The number of carbonyl (C=O) groups is 3. The zero-order valence-corrected chi connectivity index (χ0v) is 10.7. The maximum Gasteiger partial charge on any atom is 0.407 e. The molecular weight excluding hydrogens is 240 g/mol. The molecule has 1 fully saturated rings. The molecule has 1 saturated heterocycles. The third kappa shape index (κ3) is 3.90. The number of hydrogen-bond donors (Lipinski definition) is 2. The van der Waals surface area contributed by atoms with Crippen LogP contribution in [-0.4, -0.2) is 52.7 Å². The molecule has 0 aromatic heterocycles. The van der Waals surface area contributed by atoms with Crippen LogP contribution in [-0.2, 0) is 9.53 Å². The summed E-state index contributed by atoms with van der Waals surface area (Å²) in [6, 6.07) is -1.10. The van der Waals surface area contributed by atoms with E-state index in [1.807, 2.05) is 0 Å². The van der Waals surface area contributed by atoms with Crippen LogP contribution in [0.25, 0.3) is 0 Å². The van der Waals surface area contributed by atoms with Crippen LogP contribution in [0.15, 0.2) is 0 Å². The highest BCUT2D eigenvalue weighted by Crippen LogP contribution is 2.17. The first kappa shape index (κ1) is 14.3. The predicted octanol–water partition coefficient (Wildman–Crippen LogP) is 0.831. The zero-order valence-electron chi connectivity index (χ0n) is 10.7. The summed E-state index contributed by atoms with van der Waals surface area (Å²) in [6.07, 6.45) is -0.926. The molecule has 0 bridgehead atoms. The van der Waals surface area contributed by atoms with E-state index in [0.717, 1.165) is 4.90 Å². The Balaban J connectivity index is 2.53. The summed E-state index contributed by atoms with van der Waals surface area (Å²) in [7, 11) is 0. The van der Waals surface area contributed by atoms with E-state index in [1.165, 1.54) is 0 Å². The molecule has 0 saturated carbocycles. The van der Waals surface area contributed by atoms with E-state index >= 15 is 0 Å². The molecule has 7 nitrogen and oxygen atoms in total. The van der Waals surface area contributed by atoms with E-state index in [1.54, 1.807) is 20.8 Å². The molecule has 18 heavy (non-hydrogen) atoms. The molecule has 0 aromatic carbocycles. The second kappa shape index (κ2) is 5.24. The number of carboxylic acid groups (broad SMARTS) is 1. The normalized spacial score (nSPS) is 23.6. The van der Waals surface area contributed by atoms with Gasteiger partial charge in [-0.3, -0.25) is 4.90 Å². The van der Waals surface area contributed by atoms with Gasteiger partial charge in [0.25, 0.3) is 0 Å². The third-order valence-electron chi connectivity index (χ3n) is 2.47. The average Bonchev–Trinajstić information content (AvgIpc) is 2.57. The Morgan fingerprint density at radius 2 is 2.06 bits per heavy atom. The van der Waals surface area contributed by atoms with Gasteiger partial charge >= 0.3 is 12.2 Å². The molecular formula is C11H18N2O5. The molecule has 2 amide bonds. The molecule has 0 unspecified atom stereocenters. The monoisotopic (exact) mass is 258 g/mol. The summed E-state index contributed by atoms with van der Waals surface area (Å²) in [5.41, 5.74) is -0.612. The van der Waals surface area contributed by atoms with Crippen LogP contribution in [0.4, 0.5) is 9.59 Å². The van der Waals surface area contributed by atoms with Crippen LogP contribution in [0.5, 0.6) is 0 Å². The van der Waals surface area contributed by atoms with E-state index in [-0.39, 0.29) is 13.0 Å². The molecule has 0 aliphatic carbocycles. The van der Waals surface area contributed by atoms with Crippen LogP contribution >= 0.6 is 0 Å². The molecule has 0 spiro atoms. The molecule has 2 atom stereocenters. The molecule has 1 aliphatic heterocycles. The van der Waals surface area contributed by atoms with Crippen molar-refractivity contribution in [3.05, 3.63) is 0 Å². The summed E-state index contributed by atoms with van der Waals surface area (Å²) in [5.74, 6) is 0. The maximum atomic E-state index is 11.5. The first-order valence-electron chi connectivity index (χ1n) is 5.67. The van der Waals surface area contributed by atoms with Gasteiger partial charge in [-0.15, -0.1) is 0 Å². The van der Waals surface area contributed by atoms with Gasteiger partial charge in [0.15, 0.2) is 0 Å². The summed E-state index contributed by atoms with van der Waals surface area (Å²) in [6.45, 7) is 5.30. The van der Waals surface area contributed by atoms with Crippen molar-refractivity contribution in [2.75, 3.05) is 6.54 Å². The predicted molar refractivity (Wildman–Crippen MR) is 62.4 cm³/mol. The second-order valence-electron chi connectivity index (χ2n) is 5.22. The lowest BCUT2D eigenvalue weighted by Crippen LogP contribution is -2.41. The Bertz CT molecular complexity index is 350. The number of aldehydes is 1. The lowest BCUT2D eigenvalue weighted by molar-refractivity contribution is -0.111. The lowest BCUT2D eigenvalue weighted by atomic mass is 10.2. The second-order valence-corrected chi connectivity index (χ2v) is 5.22. The minimum absolute atomic E-state index is 0.0952. The van der Waals surface area contributed by atoms with Crippen LogP contribution < -0.4 is 5.32 Å². The van der Waals surface area contributed by atoms with Crippen molar-refractivity contribution >= 4 is 18.5 Å². The van der Waals surface area contributed by atoms with Crippen molar-refractivity contribution in [3.8, 4) is 0 Å². The minimum Gasteiger partial charge on any atom is -0.465 e. The number of amides is 2. The van der Waals surface area contributed by atoms with Gasteiger partial charge in [-0.2, -0.15) is 0 Å². The van der Waals surface area contributed by atoms with E-state index in [2.05, 4.69) is 5.32 Å². The number of nitrogens with zero attached hydrogens (tertiary/aromatic N) is 1. The van der Waals surface area contributed by atoms with E-state index in [9.17, 15) is 14.4 Å². The molecule has 1 heterocycles. The van der Waals surface area contributed by atoms with Crippen molar-refractivity contribution in [1.82, 2.24) is 10.2 Å². The number of carbonyl (C=O) groups excluding carboxylic acids is 2. The number of nitrogens with one attached hydrogen (secondary N) is 1. The van der Waals surface area contributed by atoms with Crippen LogP contribution in [0.3, 0.4) is 0 Å². The molecule has 0 aromatic rings. The largest absolute Gasteiger partial charge is 0.465 e. The van der Waals surface area contributed by atoms with Gasteiger partial charge in [0, 0.05) is 6.54 Å². The Morgan fingerprint density at radius 1 is 1.44 bits per heavy atom. The average molecular weight is 258 g/mol. The number of ether oxygens (including phenoxy) is 1. The van der Waals surface area contributed by atoms with Gasteiger partial charge in [0.2, 0.25) is 0 Å². The summed E-state index contributed by atoms with van der Waals surface area (Å²) in [5, 5.41) is 11.4. The maximum absolute atomic E-state index is 11.5. The van der Waals surface area contributed by atoms with Crippen molar-refractivity contribution in [1.29, 1.82) is 0 Å². The first-order valence-corrected chi connectivity index (χ1v) is 5.67. The molecule has 102 valence electrons. The number of rotatable bonds is 2. The third-order valence-corrected chi connectivity index (χ3v) is 2.47. The highest BCUT2D eigenvalue weighted by Gasteiger charge is 2.36. The lowest BCUT2D eigenvalue weighted by Gasteiger charge is -2.21. The van der Waals surface area contributed by atoms with E-state index < -0.39 is 29.9 Å². The number of alkyl carbamates (subject to hydrolysis) is 1. The van der Waals surface area contributed by atoms with Crippen LogP contribution in [0.2, 0.25) is 0 Å². The fraction of sp³-hybridized carbons (Fsp3) is 0.727. The van der Waals surface area contributed by atoms with Gasteiger partial charge in [0.1, 0.15) is 11.9 Å². The quantitative estimate of drug-likeness (QED) is 0.715. The van der Waals surface area contributed by atoms with Crippen molar-refractivity contribution in [2.45, 2.75) is 44.9 Å². The molecule has 0 radical (unpaired) electrons. The standard InChI is InChI=1S/C11H18N2O5/c1-11(2,3)18-9(15)12-7-4-8(6-14)13(5-7)10(16)17/h6-8H,4-5H2,1-3H3,(H,12,15)(H,16,17)/t7-,8+/m1/s1. The fourth-order valence-electron chi connectivity index (χ4n) is 1.79. The van der Waals surface area contributed by atoms with Gasteiger partial charge in [-0.1, -0.05) is 0 Å². The van der Waals surface area contributed by atoms with Crippen LogP contribution in [0, 0.1) is 0 Å². The summed E-state index contributed by atoms with van der Waals surface area (Å²) < 4.78 is 5.06. The first-order chi connectivity index (χ1) is 8.23. The minimum atomic E-state index is -1.17. The molecule has 1 aliphatic rings.